The average molecular weight is 383 g/mol. The molecule has 1 aliphatic heterocycles. The van der Waals surface area contributed by atoms with Crippen molar-refractivity contribution >= 4 is 38.2 Å². The van der Waals surface area contributed by atoms with Gasteiger partial charge in [0.15, 0.2) is 16.5 Å². The van der Waals surface area contributed by atoms with E-state index in [1.165, 1.54) is 22.7 Å². The molecule has 0 saturated carbocycles. The molecule has 3 aromatic rings. The fourth-order valence-electron chi connectivity index (χ4n) is 2.87. The van der Waals surface area contributed by atoms with Crippen LogP contribution in [0.4, 0.5) is 5.13 Å². The highest BCUT2D eigenvalue weighted by molar-refractivity contribution is 7.22. The molecule has 26 heavy (non-hydrogen) atoms. The number of hydrogen-bond acceptors (Lipinski definition) is 8. The zero-order valence-electron chi connectivity index (χ0n) is 13.4. The monoisotopic (exact) mass is 383 g/mol. The van der Waals surface area contributed by atoms with Crippen LogP contribution in [-0.4, -0.2) is 16.5 Å². The van der Waals surface area contributed by atoms with Gasteiger partial charge in [-0.05, 0) is 11.4 Å². The fraction of sp³-hybridized carbons (Fsp3) is 0.118. The van der Waals surface area contributed by atoms with Crippen molar-refractivity contribution in [3.05, 3.63) is 62.4 Å². The van der Waals surface area contributed by atoms with Crippen LogP contribution >= 0.6 is 22.7 Å². The summed E-state index contributed by atoms with van der Waals surface area (Å²) in [6, 6.07) is 5.84. The molecular formula is C17H13N5O2S2. The molecule has 0 aliphatic carbocycles. The molecule has 4 rings (SSSR count). The lowest BCUT2D eigenvalue weighted by Crippen LogP contribution is -2.27. The predicted octanol–water partition coefficient (Wildman–Crippen LogP) is 2.86. The number of nitriles is 1. The van der Waals surface area contributed by atoms with E-state index in [1.807, 2.05) is 17.5 Å². The number of aromatic nitrogens is 2. The molecule has 4 N–H and O–H groups in total. The summed E-state index contributed by atoms with van der Waals surface area (Å²) < 4.78 is 6.39. The van der Waals surface area contributed by atoms with Gasteiger partial charge in [0.25, 0.3) is 5.56 Å². The third-order valence-corrected chi connectivity index (χ3v) is 5.90. The Morgan fingerprint density at radius 3 is 3.12 bits per heavy atom. The second-order valence-corrected chi connectivity index (χ2v) is 7.48. The Kier molecular flexibility index (Phi) is 3.99. The Bertz CT molecular complexity index is 1130. The number of nitrogens with one attached hydrogen (secondary N) is 2. The summed E-state index contributed by atoms with van der Waals surface area (Å²) >= 11 is 2.81. The van der Waals surface area contributed by atoms with Crippen LogP contribution in [0.25, 0.3) is 10.3 Å². The van der Waals surface area contributed by atoms with Crippen LogP contribution in [0.1, 0.15) is 16.4 Å². The second-order valence-electron chi connectivity index (χ2n) is 5.50. The molecule has 1 aliphatic rings. The number of hydrogen-bond donors (Lipinski definition) is 3. The van der Waals surface area contributed by atoms with Gasteiger partial charge in [-0.15, -0.1) is 17.9 Å². The first-order chi connectivity index (χ1) is 12.6. The van der Waals surface area contributed by atoms with E-state index in [9.17, 15) is 10.1 Å². The van der Waals surface area contributed by atoms with Crippen LogP contribution in [0.2, 0.25) is 0 Å². The van der Waals surface area contributed by atoms with Gasteiger partial charge in [-0.25, -0.2) is 4.98 Å². The molecule has 0 unspecified atom stereocenters. The normalized spacial score (nSPS) is 16.0. The third kappa shape index (κ3) is 2.47. The molecule has 7 nitrogen and oxygen atoms in total. The number of anilines is 1. The van der Waals surface area contributed by atoms with Crippen LogP contribution in [0.5, 0.6) is 5.75 Å². The SMILES string of the molecule is C=CCNc1nc2[nH]c(=O)c3c(c2s1)OC(N)=C(C#N)[C@H]3c1cccs1. The Morgan fingerprint density at radius 2 is 2.42 bits per heavy atom. The zero-order valence-corrected chi connectivity index (χ0v) is 15.0. The Labute approximate surface area is 156 Å². The van der Waals surface area contributed by atoms with Gasteiger partial charge in [0.2, 0.25) is 5.88 Å². The van der Waals surface area contributed by atoms with Gasteiger partial charge < -0.3 is 20.8 Å². The largest absolute Gasteiger partial charge is 0.438 e. The van der Waals surface area contributed by atoms with Crippen molar-refractivity contribution in [3.8, 4) is 11.8 Å². The summed E-state index contributed by atoms with van der Waals surface area (Å²) in [5, 5.41) is 15.2. The minimum absolute atomic E-state index is 0.0132. The highest BCUT2D eigenvalue weighted by Gasteiger charge is 2.35. The van der Waals surface area contributed by atoms with Crippen molar-refractivity contribution in [1.82, 2.24) is 9.97 Å². The van der Waals surface area contributed by atoms with E-state index in [-0.39, 0.29) is 17.0 Å². The van der Waals surface area contributed by atoms with Crippen molar-refractivity contribution in [2.45, 2.75) is 5.92 Å². The van der Waals surface area contributed by atoms with Gasteiger partial charge >= 0.3 is 0 Å². The van der Waals surface area contributed by atoms with Crippen molar-refractivity contribution in [3.63, 3.8) is 0 Å². The third-order valence-electron chi connectivity index (χ3n) is 3.96. The van der Waals surface area contributed by atoms with Gasteiger partial charge in [-0.3, -0.25) is 4.79 Å². The molecule has 0 spiro atoms. The number of allylic oxidation sites excluding steroid dienone is 1. The van der Waals surface area contributed by atoms with Gasteiger partial charge in [-0.1, -0.05) is 23.5 Å². The number of rotatable bonds is 4. The summed E-state index contributed by atoms with van der Waals surface area (Å²) in [6.07, 6.45) is 1.72. The Balaban J connectivity index is 1.98. The molecule has 0 amide bonds. The number of nitrogens with two attached hydrogens (primary N) is 1. The molecule has 4 heterocycles. The minimum Gasteiger partial charge on any atom is -0.438 e. The molecule has 1 atom stereocenters. The van der Waals surface area contributed by atoms with E-state index in [2.05, 4.69) is 27.9 Å². The van der Waals surface area contributed by atoms with Crippen molar-refractivity contribution in [2.24, 2.45) is 5.73 Å². The summed E-state index contributed by atoms with van der Waals surface area (Å²) in [6.45, 7) is 4.21. The molecule has 0 aromatic carbocycles. The summed E-state index contributed by atoms with van der Waals surface area (Å²) in [4.78, 5) is 20.8. The Morgan fingerprint density at radius 1 is 1.58 bits per heavy atom. The van der Waals surface area contributed by atoms with Crippen LogP contribution < -0.4 is 21.3 Å². The number of pyridine rings is 1. The first-order valence-electron chi connectivity index (χ1n) is 7.66. The predicted molar refractivity (Wildman–Crippen MR) is 103 cm³/mol. The summed E-state index contributed by atoms with van der Waals surface area (Å²) in [7, 11) is 0. The van der Waals surface area contributed by atoms with Crippen LogP contribution in [0, 0.1) is 11.3 Å². The van der Waals surface area contributed by atoms with Gasteiger partial charge in [0.05, 0.1) is 11.5 Å². The number of nitrogens with zero attached hydrogens (tertiary/aromatic N) is 2. The molecule has 0 bridgehead atoms. The molecule has 130 valence electrons. The summed E-state index contributed by atoms with van der Waals surface area (Å²) in [5.74, 6) is -0.175. The second kappa shape index (κ2) is 6.33. The van der Waals surface area contributed by atoms with E-state index in [0.29, 0.717) is 33.3 Å². The van der Waals surface area contributed by atoms with E-state index < -0.39 is 5.92 Å². The molecule has 0 fully saturated rings. The number of H-pyrrole nitrogens is 1. The van der Waals surface area contributed by atoms with Crippen molar-refractivity contribution < 1.29 is 4.74 Å². The standard InChI is InChI=1S/C17H13N5O2S2/c1-2-5-20-17-22-15-13(26-17)12-11(16(23)21-15)10(9-4-3-6-25-9)8(7-18)14(19)24-12/h2-4,6,10H,1,5,19H2,(H2,20,21,22,23)/t10-/m0/s1. The maximum atomic E-state index is 12.8. The van der Waals surface area contributed by atoms with Crippen LogP contribution in [-0.2, 0) is 0 Å². The van der Waals surface area contributed by atoms with Crippen LogP contribution in [0.3, 0.4) is 0 Å². The first kappa shape index (κ1) is 16.4. The molecule has 9 heteroatoms. The quantitative estimate of drug-likeness (QED) is 0.597. The number of thiophene rings is 1. The van der Waals surface area contributed by atoms with E-state index >= 15 is 0 Å². The topological polar surface area (TPSA) is 117 Å². The first-order valence-corrected chi connectivity index (χ1v) is 9.36. The number of fused-ring (bicyclic) bond motifs is 3. The van der Waals surface area contributed by atoms with Crippen molar-refractivity contribution in [1.29, 1.82) is 5.26 Å². The lowest BCUT2D eigenvalue weighted by molar-refractivity contribution is 0.398. The van der Waals surface area contributed by atoms with E-state index in [4.69, 9.17) is 10.5 Å². The highest BCUT2D eigenvalue weighted by atomic mass is 32.1. The smallest absolute Gasteiger partial charge is 0.257 e. The minimum atomic E-state index is -0.552. The van der Waals surface area contributed by atoms with Gasteiger partial charge in [-0.2, -0.15) is 5.26 Å². The molecule has 0 saturated heterocycles. The number of ether oxygens (including phenoxy) is 1. The highest BCUT2D eigenvalue weighted by Crippen LogP contribution is 2.45. The average Bonchev–Trinajstić information content (AvgIpc) is 3.28. The molecule has 3 aromatic heterocycles. The van der Waals surface area contributed by atoms with E-state index in [0.717, 1.165) is 4.88 Å². The molecule has 0 radical (unpaired) electrons. The number of aromatic amines is 1. The fourth-order valence-corrected chi connectivity index (χ4v) is 4.64. The zero-order chi connectivity index (χ0) is 18.3. The maximum Gasteiger partial charge on any atom is 0.257 e. The summed E-state index contributed by atoms with van der Waals surface area (Å²) in [5.41, 5.74) is 6.71. The lowest BCUT2D eigenvalue weighted by atomic mass is 9.89. The lowest BCUT2D eigenvalue weighted by Gasteiger charge is -2.24. The van der Waals surface area contributed by atoms with Gasteiger partial charge in [0.1, 0.15) is 16.3 Å². The maximum absolute atomic E-state index is 12.8. The number of thiazole rings is 1. The van der Waals surface area contributed by atoms with E-state index in [1.54, 1.807) is 6.08 Å². The molecular weight excluding hydrogens is 370 g/mol. The van der Waals surface area contributed by atoms with Gasteiger partial charge in [0, 0.05) is 11.4 Å². The Hall–Kier alpha value is -3.09. The van der Waals surface area contributed by atoms with Crippen molar-refractivity contribution in [2.75, 3.05) is 11.9 Å². The van der Waals surface area contributed by atoms with Crippen LogP contribution in [0.15, 0.2) is 46.4 Å².